The smallest absolute Gasteiger partial charge is 0.335 e. The summed E-state index contributed by atoms with van der Waals surface area (Å²) in [6, 6.07) is 9.90. The number of halogens is 1. The number of aromatic nitrogens is 3. The van der Waals surface area contributed by atoms with Gasteiger partial charge in [-0.15, -0.1) is 5.10 Å². The predicted octanol–water partition coefficient (Wildman–Crippen LogP) is 2.75. The molecule has 0 aliphatic carbocycles. The highest BCUT2D eigenvalue weighted by molar-refractivity contribution is 6.33. The van der Waals surface area contributed by atoms with Crippen molar-refractivity contribution >= 4 is 23.2 Å². The van der Waals surface area contributed by atoms with Crippen LogP contribution in [0.4, 0.5) is 0 Å². The Morgan fingerprint density at radius 1 is 1.21 bits per heavy atom. The minimum Gasteiger partial charge on any atom is -0.478 e. The normalized spacial score (nSPS) is 10.8. The Morgan fingerprint density at radius 3 is 2.58 bits per heavy atom. The Balaban J connectivity index is 2.09. The molecule has 0 spiro atoms. The van der Waals surface area contributed by atoms with Gasteiger partial charge in [-0.1, -0.05) is 23.7 Å². The number of nitrogens with zero attached hydrogens (tertiary/aromatic N) is 3. The lowest BCUT2D eigenvalue weighted by Crippen LogP contribution is -1.95. The third-order valence-corrected chi connectivity index (χ3v) is 3.00. The number of fused-ring (bicyclic) bond motifs is 1. The average molecular weight is 274 g/mol. The zero-order valence-corrected chi connectivity index (χ0v) is 10.4. The second-order valence-corrected chi connectivity index (χ2v) is 4.35. The van der Waals surface area contributed by atoms with Crippen LogP contribution in [-0.4, -0.2) is 25.7 Å². The molecule has 0 amide bonds. The Bertz CT molecular complexity index is 765. The Kier molecular flexibility index (Phi) is 2.68. The van der Waals surface area contributed by atoms with E-state index in [-0.39, 0.29) is 5.56 Å². The molecular weight excluding hydrogens is 266 g/mol. The summed E-state index contributed by atoms with van der Waals surface area (Å²) in [5.41, 5.74) is 1.54. The third-order valence-electron chi connectivity index (χ3n) is 2.70. The minimum absolute atomic E-state index is 0.227. The maximum atomic E-state index is 10.8. The summed E-state index contributed by atoms with van der Waals surface area (Å²) in [6.07, 6.45) is 1.75. The molecule has 94 valence electrons. The minimum atomic E-state index is -0.961. The van der Waals surface area contributed by atoms with Gasteiger partial charge in [0.1, 0.15) is 0 Å². The van der Waals surface area contributed by atoms with Crippen LogP contribution in [0.5, 0.6) is 0 Å². The molecule has 2 aromatic heterocycles. The van der Waals surface area contributed by atoms with Crippen molar-refractivity contribution in [3.05, 3.63) is 53.2 Å². The molecule has 0 bridgehead atoms. The Labute approximate surface area is 113 Å². The summed E-state index contributed by atoms with van der Waals surface area (Å²) < 4.78 is 1.59. The maximum absolute atomic E-state index is 10.8. The van der Waals surface area contributed by atoms with Gasteiger partial charge >= 0.3 is 5.97 Å². The third kappa shape index (κ3) is 2.04. The number of pyridine rings is 1. The molecule has 5 nitrogen and oxygen atoms in total. The number of benzene rings is 1. The van der Waals surface area contributed by atoms with E-state index in [0.717, 1.165) is 5.56 Å². The monoisotopic (exact) mass is 273 g/mol. The number of carboxylic acids is 1. The number of hydrogen-bond donors (Lipinski definition) is 1. The summed E-state index contributed by atoms with van der Waals surface area (Å²) in [7, 11) is 0. The van der Waals surface area contributed by atoms with Gasteiger partial charge in [0.25, 0.3) is 0 Å². The molecule has 19 heavy (non-hydrogen) atoms. The summed E-state index contributed by atoms with van der Waals surface area (Å²) in [5.74, 6) is -0.456. The Morgan fingerprint density at radius 2 is 1.95 bits per heavy atom. The van der Waals surface area contributed by atoms with E-state index in [9.17, 15) is 4.79 Å². The van der Waals surface area contributed by atoms with Crippen molar-refractivity contribution in [3.63, 3.8) is 0 Å². The van der Waals surface area contributed by atoms with Gasteiger partial charge in [0.15, 0.2) is 11.5 Å². The van der Waals surface area contributed by atoms with Gasteiger partial charge in [0, 0.05) is 11.8 Å². The fourth-order valence-corrected chi connectivity index (χ4v) is 1.96. The van der Waals surface area contributed by atoms with Crippen molar-refractivity contribution in [3.8, 4) is 11.4 Å². The molecule has 0 radical (unpaired) electrons. The van der Waals surface area contributed by atoms with E-state index >= 15 is 0 Å². The molecule has 3 aromatic rings. The number of rotatable bonds is 2. The largest absolute Gasteiger partial charge is 0.478 e. The lowest BCUT2D eigenvalue weighted by atomic mass is 10.1. The van der Waals surface area contributed by atoms with E-state index in [0.29, 0.717) is 16.5 Å². The molecule has 0 unspecified atom stereocenters. The zero-order chi connectivity index (χ0) is 13.4. The topological polar surface area (TPSA) is 67.5 Å². The molecule has 3 rings (SSSR count). The predicted molar refractivity (Wildman–Crippen MR) is 70.4 cm³/mol. The van der Waals surface area contributed by atoms with E-state index in [1.807, 2.05) is 0 Å². The van der Waals surface area contributed by atoms with Gasteiger partial charge in [0.2, 0.25) is 0 Å². The van der Waals surface area contributed by atoms with Crippen molar-refractivity contribution < 1.29 is 9.90 Å². The van der Waals surface area contributed by atoms with Gasteiger partial charge in [0.05, 0.1) is 10.6 Å². The number of carboxylic acid groups (broad SMARTS) is 1. The number of carbonyl (C=O) groups is 1. The highest BCUT2D eigenvalue weighted by Crippen LogP contribution is 2.20. The van der Waals surface area contributed by atoms with Crippen LogP contribution >= 0.6 is 11.6 Å². The SMILES string of the molecule is O=C(O)c1ccc(-c2nc3c(Cl)cccn3n2)cc1. The van der Waals surface area contributed by atoms with Crippen LogP contribution in [-0.2, 0) is 0 Å². The van der Waals surface area contributed by atoms with Gasteiger partial charge in [-0.05, 0) is 24.3 Å². The molecule has 0 fully saturated rings. The highest BCUT2D eigenvalue weighted by atomic mass is 35.5. The van der Waals surface area contributed by atoms with E-state index in [1.54, 1.807) is 35.0 Å². The quantitative estimate of drug-likeness (QED) is 0.779. The molecule has 0 atom stereocenters. The molecule has 0 aliphatic heterocycles. The zero-order valence-electron chi connectivity index (χ0n) is 9.62. The van der Waals surface area contributed by atoms with Gasteiger partial charge in [-0.2, -0.15) is 0 Å². The van der Waals surface area contributed by atoms with Crippen molar-refractivity contribution in [2.24, 2.45) is 0 Å². The first-order valence-electron chi connectivity index (χ1n) is 5.50. The molecule has 1 N–H and O–H groups in total. The van der Waals surface area contributed by atoms with Crippen LogP contribution in [0.15, 0.2) is 42.6 Å². The molecule has 2 heterocycles. The average Bonchev–Trinajstić information content (AvgIpc) is 2.84. The van der Waals surface area contributed by atoms with Crippen LogP contribution in [0.2, 0.25) is 5.02 Å². The van der Waals surface area contributed by atoms with Gasteiger partial charge in [-0.25, -0.2) is 14.3 Å². The lowest BCUT2D eigenvalue weighted by molar-refractivity contribution is 0.0697. The van der Waals surface area contributed by atoms with Crippen LogP contribution in [0, 0.1) is 0 Å². The first kappa shape index (κ1) is 11.7. The molecule has 6 heteroatoms. The Hall–Kier alpha value is -2.40. The fraction of sp³-hybridized carbons (Fsp3) is 0. The summed E-state index contributed by atoms with van der Waals surface area (Å²) >= 11 is 6.02. The van der Waals surface area contributed by atoms with E-state index < -0.39 is 5.97 Å². The van der Waals surface area contributed by atoms with E-state index in [2.05, 4.69) is 10.1 Å². The van der Waals surface area contributed by atoms with E-state index in [1.165, 1.54) is 12.1 Å². The highest BCUT2D eigenvalue weighted by Gasteiger charge is 2.09. The van der Waals surface area contributed by atoms with Crippen molar-refractivity contribution in [1.82, 2.24) is 14.6 Å². The molecule has 0 saturated heterocycles. The van der Waals surface area contributed by atoms with Crippen LogP contribution < -0.4 is 0 Å². The standard InChI is InChI=1S/C13H8ClN3O2/c14-10-2-1-7-17-12(10)15-11(16-17)8-3-5-9(6-4-8)13(18)19/h1-7H,(H,18,19). The molecule has 0 saturated carbocycles. The van der Waals surface area contributed by atoms with Crippen molar-refractivity contribution in [2.45, 2.75) is 0 Å². The molecule has 0 aliphatic rings. The summed E-state index contributed by atoms with van der Waals surface area (Å²) in [5, 5.41) is 13.7. The second kappa shape index (κ2) is 4.37. The number of hydrogen-bond acceptors (Lipinski definition) is 3. The van der Waals surface area contributed by atoms with Gasteiger partial charge in [-0.3, -0.25) is 0 Å². The summed E-state index contributed by atoms with van der Waals surface area (Å²) in [4.78, 5) is 15.1. The van der Waals surface area contributed by atoms with Crippen LogP contribution in [0.25, 0.3) is 17.0 Å². The number of aromatic carboxylic acids is 1. The van der Waals surface area contributed by atoms with Crippen molar-refractivity contribution in [2.75, 3.05) is 0 Å². The first-order chi connectivity index (χ1) is 9.15. The van der Waals surface area contributed by atoms with Crippen LogP contribution in [0.1, 0.15) is 10.4 Å². The van der Waals surface area contributed by atoms with Gasteiger partial charge < -0.3 is 5.11 Å². The molecule has 1 aromatic carbocycles. The lowest BCUT2D eigenvalue weighted by Gasteiger charge is -1.96. The molecular formula is C13H8ClN3O2. The fourth-order valence-electron chi connectivity index (χ4n) is 1.76. The summed E-state index contributed by atoms with van der Waals surface area (Å²) in [6.45, 7) is 0. The van der Waals surface area contributed by atoms with Crippen molar-refractivity contribution in [1.29, 1.82) is 0 Å². The van der Waals surface area contributed by atoms with Crippen LogP contribution in [0.3, 0.4) is 0 Å². The van der Waals surface area contributed by atoms with E-state index in [4.69, 9.17) is 16.7 Å². The first-order valence-corrected chi connectivity index (χ1v) is 5.87. The maximum Gasteiger partial charge on any atom is 0.335 e. The second-order valence-electron chi connectivity index (χ2n) is 3.94.